The normalized spacial score (nSPS) is 31.4. The topological polar surface area (TPSA) is 67.6 Å². The summed E-state index contributed by atoms with van der Waals surface area (Å²) in [5, 5.41) is 19.3. The van der Waals surface area contributed by atoms with Crippen LogP contribution in [0.1, 0.15) is 50.5 Å². The van der Waals surface area contributed by atoms with E-state index in [1.807, 2.05) is 18.2 Å². The molecule has 2 saturated heterocycles. The quantitative estimate of drug-likeness (QED) is 0.778. The number of rotatable bonds is 2. The molecule has 3 fully saturated rings. The van der Waals surface area contributed by atoms with Crippen molar-refractivity contribution in [3.8, 4) is 6.07 Å². The lowest BCUT2D eigenvalue weighted by molar-refractivity contribution is -0.139. The summed E-state index contributed by atoms with van der Waals surface area (Å²) in [6, 6.07) is 8.31. The second-order valence-corrected chi connectivity index (χ2v) is 9.21. The molecule has 144 valence electrons. The molecule has 1 aromatic carbocycles. The molecule has 1 N–H and O–H groups in total. The van der Waals surface area contributed by atoms with E-state index >= 15 is 0 Å². The number of aliphatic hydroxyl groups is 1. The number of anilines is 1. The number of hydrogen-bond acceptors (Lipinski definition) is 4. The Morgan fingerprint density at radius 2 is 1.96 bits per heavy atom. The highest BCUT2D eigenvalue weighted by molar-refractivity contribution is 9.10. The Hall–Kier alpha value is -1.58. The SMILES string of the molecule is N#Cc1ccc(Br)cc1N1CCC[C@]2(CCN([C@H]3CC[C@@H](O)CC3)C2=O)C1. The molecule has 1 aliphatic carbocycles. The molecule has 1 saturated carbocycles. The van der Waals surface area contributed by atoms with Gasteiger partial charge in [-0.1, -0.05) is 15.9 Å². The largest absolute Gasteiger partial charge is 0.393 e. The van der Waals surface area contributed by atoms with Crippen LogP contribution in [0.5, 0.6) is 0 Å². The van der Waals surface area contributed by atoms with Crippen molar-refractivity contribution < 1.29 is 9.90 Å². The Balaban J connectivity index is 1.54. The maximum Gasteiger partial charge on any atom is 0.230 e. The number of nitrogens with zero attached hydrogens (tertiary/aromatic N) is 3. The van der Waals surface area contributed by atoms with E-state index in [1.54, 1.807) is 0 Å². The van der Waals surface area contributed by atoms with Crippen molar-refractivity contribution in [1.29, 1.82) is 5.26 Å². The predicted molar refractivity (Wildman–Crippen MR) is 107 cm³/mol. The van der Waals surface area contributed by atoms with Crippen molar-refractivity contribution in [1.82, 2.24) is 4.90 Å². The standard InChI is InChI=1S/C21H26BrN3O2/c22-16-3-2-15(13-23)19(12-16)24-10-1-8-21(14-24)9-11-25(20(21)27)17-4-6-18(26)7-5-17/h2-3,12,17-18,26H,1,4-11,14H2/t17-,18+,21-/m0/s1. The van der Waals surface area contributed by atoms with Crippen LogP contribution in [0.15, 0.2) is 22.7 Å². The Morgan fingerprint density at radius 3 is 2.70 bits per heavy atom. The third-order valence-corrected chi connectivity index (χ3v) is 7.14. The predicted octanol–water partition coefficient (Wildman–Crippen LogP) is 3.44. The number of carbonyl (C=O) groups excluding carboxylic acids is 1. The van der Waals surface area contributed by atoms with Gasteiger partial charge in [0.1, 0.15) is 6.07 Å². The molecule has 0 radical (unpaired) electrons. The number of halogens is 1. The van der Waals surface area contributed by atoms with Crippen molar-refractivity contribution in [3.63, 3.8) is 0 Å². The molecular weight excluding hydrogens is 406 g/mol. The van der Waals surface area contributed by atoms with Gasteiger partial charge in [-0.05, 0) is 63.1 Å². The molecule has 1 amide bonds. The van der Waals surface area contributed by atoms with Crippen molar-refractivity contribution in [3.05, 3.63) is 28.2 Å². The first-order chi connectivity index (χ1) is 13.0. The summed E-state index contributed by atoms with van der Waals surface area (Å²) in [5.74, 6) is 0.294. The number of amides is 1. The smallest absolute Gasteiger partial charge is 0.230 e. The molecule has 0 bridgehead atoms. The summed E-state index contributed by atoms with van der Waals surface area (Å²) >= 11 is 3.51. The molecule has 2 heterocycles. The first-order valence-electron chi connectivity index (χ1n) is 9.96. The second-order valence-electron chi connectivity index (χ2n) is 8.29. The monoisotopic (exact) mass is 431 g/mol. The van der Waals surface area contributed by atoms with Crippen molar-refractivity contribution in [2.75, 3.05) is 24.5 Å². The summed E-state index contributed by atoms with van der Waals surface area (Å²) in [7, 11) is 0. The van der Waals surface area contributed by atoms with Crippen LogP contribution in [-0.2, 0) is 4.79 Å². The van der Waals surface area contributed by atoms with Gasteiger partial charge in [-0.3, -0.25) is 4.79 Å². The molecule has 1 spiro atoms. The van der Waals surface area contributed by atoms with Crippen LogP contribution in [0.4, 0.5) is 5.69 Å². The summed E-state index contributed by atoms with van der Waals surface area (Å²) in [6.45, 7) is 2.41. The maximum absolute atomic E-state index is 13.4. The van der Waals surface area contributed by atoms with Crippen LogP contribution in [0, 0.1) is 16.7 Å². The zero-order valence-corrected chi connectivity index (χ0v) is 17.1. The first kappa shape index (κ1) is 18.8. The first-order valence-corrected chi connectivity index (χ1v) is 10.8. The number of piperidine rings is 1. The zero-order valence-electron chi connectivity index (χ0n) is 15.5. The molecule has 0 unspecified atom stereocenters. The van der Waals surface area contributed by atoms with E-state index in [4.69, 9.17) is 0 Å². The average Bonchev–Trinajstić information content (AvgIpc) is 2.98. The zero-order chi connectivity index (χ0) is 19.0. The van der Waals surface area contributed by atoms with Crippen LogP contribution in [0.2, 0.25) is 0 Å². The maximum atomic E-state index is 13.4. The highest BCUT2D eigenvalue weighted by Crippen LogP contribution is 2.44. The fourth-order valence-electron chi connectivity index (χ4n) is 5.14. The van der Waals surface area contributed by atoms with Gasteiger partial charge in [-0.25, -0.2) is 0 Å². The van der Waals surface area contributed by atoms with Gasteiger partial charge in [-0.2, -0.15) is 5.26 Å². The van der Waals surface area contributed by atoms with Gasteiger partial charge in [0.05, 0.1) is 22.8 Å². The molecule has 4 rings (SSSR count). The van der Waals surface area contributed by atoms with E-state index in [0.717, 1.165) is 68.2 Å². The third kappa shape index (κ3) is 3.48. The number of hydrogen-bond donors (Lipinski definition) is 1. The van der Waals surface area contributed by atoms with E-state index in [2.05, 4.69) is 31.8 Å². The van der Waals surface area contributed by atoms with Crippen molar-refractivity contribution in [2.45, 2.75) is 57.1 Å². The molecule has 1 aromatic rings. The Kier molecular flexibility index (Phi) is 5.17. The molecular formula is C21H26BrN3O2. The summed E-state index contributed by atoms with van der Waals surface area (Å²) in [6.07, 6.45) is 6.04. The highest BCUT2D eigenvalue weighted by Gasteiger charge is 2.50. The number of benzene rings is 1. The molecule has 27 heavy (non-hydrogen) atoms. The lowest BCUT2D eigenvalue weighted by Crippen LogP contribution is -2.50. The molecule has 1 atom stereocenters. The van der Waals surface area contributed by atoms with Gasteiger partial charge in [0.2, 0.25) is 5.91 Å². The van der Waals surface area contributed by atoms with Crippen LogP contribution < -0.4 is 4.90 Å². The summed E-state index contributed by atoms with van der Waals surface area (Å²) in [5.41, 5.74) is 1.28. The molecule has 0 aromatic heterocycles. The summed E-state index contributed by atoms with van der Waals surface area (Å²) in [4.78, 5) is 17.8. The molecule has 2 aliphatic heterocycles. The second kappa shape index (κ2) is 7.44. The molecule has 5 nitrogen and oxygen atoms in total. The van der Waals surface area contributed by atoms with Gasteiger partial charge < -0.3 is 14.9 Å². The lowest BCUT2D eigenvalue weighted by Gasteiger charge is -2.41. The third-order valence-electron chi connectivity index (χ3n) is 6.65. The van der Waals surface area contributed by atoms with Crippen LogP contribution in [0.3, 0.4) is 0 Å². The van der Waals surface area contributed by atoms with E-state index in [9.17, 15) is 15.2 Å². The van der Waals surface area contributed by atoms with Gasteiger partial charge in [-0.15, -0.1) is 0 Å². The fraction of sp³-hybridized carbons (Fsp3) is 0.619. The Labute approximate surface area is 169 Å². The summed E-state index contributed by atoms with van der Waals surface area (Å²) < 4.78 is 0.955. The minimum absolute atomic E-state index is 0.195. The Bertz CT molecular complexity index is 769. The lowest BCUT2D eigenvalue weighted by atomic mass is 9.78. The highest BCUT2D eigenvalue weighted by atomic mass is 79.9. The Morgan fingerprint density at radius 1 is 1.19 bits per heavy atom. The number of aliphatic hydroxyl groups excluding tert-OH is 1. The van der Waals surface area contributed by atoms with E-state index in [-0.39, 0.29) is 17.6 Å². The van der Waals surface area contributed by atoms with Gasteiger partial charge in [0.25, 0.3) is 0 Å². The molecule has 6 heteroatoms. The van der Waals surface area contributed by atoms with E-state index in [1.165, 1.54) is 0 Å². The minimum atomic E-state index is -0.316. The van der Waals surface area contributed by atoms with Gasteiger partial charge >= 0.3 is 0 Å². The number of carbonyl (C=O) groups is 1. The van der Waals surface area contributed by atoms with Gasteiger partial charge in [0.15, 0.2) is 0 Å². The fourth-order valence-corrected chi connectivity index (χ4v) is 5.49. The number of likely N-dealkylation sites (tertiary alicyclic amines) is 1. The van der Waals surface area contributed by atoms with Crippen LogP contribution in [-0.4, -0.2) is 47.7 Å². The minimum Gasteiger partial charge on any atom is -0.393 e. The van der Waals surface area contributed by atoms with Crippen LogP contribution >= 0.6 is 15.9 Å². The average molecular weight is 432 g/mol. The van der Waals surface area contributed by atoms with E-state index in [0.29, 0.717) is 18.0 Å². The van der Waals surface area contributed by atoms with E-state index < -0.39 is 0 Å². The molecule has 3 aliphatic rings. The van der Waals surface area contributed by atoms with Crippen molar-refractivity contribution >= 4 is 27.5 Å². The van der Waals surface area contributed by atoms with Crippen LogP contribution in [0.25, 0.3) is 0 Å². The van der Waals surface area contributed by atoms with Crippen molar-refractivity contribution in [2.24, 2.45) is 5.41 Å². The number of nitriles is 1. The van der Waals surface area contributed by atoms with Gasteiger partial charge in [0, 0.05) is 30.1 Å².